The van der Waals surface area contributed by atoms with Crippen LogP contribution in [0.15, 0.2) is 54.6 Å². The molecule has 3 amide bonds. The molecule has 0 spiro atoms. The Morgan fingerprint density at radius 3 is 2.04 bits per heavy atom. The molecule has 1 atom stereocenters. The van der Waals surface area contributed by atoms with Crippen molar-refractivity contribution in [2.45, 2.75) is 19.4 Å². The van der Waals surface area contributed by atoms with Gasteiger partial charge in [0, 0.05) is 24.7 Å². The highest BCUT2D eigenvalue weighted by Crippen LogP contribution is 2.13. The maximum absolute atomic E-state index is 12.2. The van der Waals surface area contributed by atoms with Crippen LogP contribution in [0.1, 0.15) is 12.5 Å². The molecule has 0 saturated heterocycles. The minimum Gasteiger partial charge on any atom is -0.467 e. The van der Waals surface area contributed by atoms with Crippen LogP contribution in [0.5, 0.6) is 0 Å². The number of nitrogens with one attached hydrogen (secondary N) is 3. The molecule has 136 valence electrons. The fraction of sp³-hybridized carbons (Fsp3) is 0.211. The molecule has 26 heavy (non-hydrogen) atoms. The highest BCUT2D eigenvalue weighted by Gasteiger charge is 2.22. The summed E-state index contributed by atoms with van der Waals surface area (Å²) in [5.41, 5.74) is 2.06. The van der Waals surface area contributed by atoms with Gasteiger partial charge in [-0.3, -0.25) is 4.79 Å². The lowest BCUT2D eigenvalue weighted by Crippen LogP contribution is -2.45. The molecule has 0 aromatic heterocycles. The Morgan fingerprint density at radius 1 is 0.923 bits per heavy atom. The highest BCUT2D eigenvalue weighted by atomic mass is 16.5. The van der Waals surface area contributed by atoms with Crippen molar-refractivity contribution in [3.05, 3.63) is 60.2 Å². The number of carbonyl (C=O) groups is 3. The number of urea groups is 1. The lowest BCUT2D eigenvalue weighted by Gasteiger charge is -2.17. The van der Waals surface area contributed by atoms with Gasteiger partial charge in [-0.15, -0.1) is 0 Å². The zero-order valence-electron chi connectivity index (χ0n) is 14.6. The van der Waals surface area contributed by atoms with Crippen LogP contribution in [0.4, 0.5) is 16.2 Å². The first kappa shape index (κ1) is 19.0. The second-order valence-corrected chi connectivity index (χ2v) is 5.62. The molecule has 0 heterocycles. The number of benzene rings is 2. The second-order valence-electron chi connectivity index (χ2n) is 5.62. The summed E-state index contributed by atoms with van der Waals surface area (Å²) >= 11 is 0. The van der Waals surface area contributed by atoms with E-state index >= 15 is 0 Å². The van der Waals surface area contributed by atoms with Crippen molar-refractivity contribution < 1.29 is 19.1 Å². The summed E-state index contributed by atoms with van der Waals surface area (Å²) in [5.74, 6) is -0.699. The molecule has 2 aromatic carbocycles. The van der Waals surface area contributed by atoms with E-state index in [-0.39, 0.29) is 5.91 Å². The van der Waals surface area contributed by atoms with Crippen molar-refractivity contribution in [3.63, 3.8) is 0 Å². The molecule has 0 fully saturated rings. The van der Waals surface area contributed by atoms with Crippen LogP contribution in [-0.4, -0.2) is 31.1 Å². The number of methoxy groups -OCH3 is 1. The molecule has 7 nitrogen and oxygen atoms in total. The Morgan fingerprint density at radius 2 is 1.50 bits per heavy atom. The van der Waals surface area contributed by atoms with Gasteiger partial charge in [0.15, 0.2) is 0 Å². The topological polar surface area (TPSA) is 96.5 Å². The van der Waals surface area contributed by atoms with Crippen molar-refractivity contribution in [2.24, 2.45) is 0 Å². The van der Waals surface area contributed by atoms with Crippen LogP contribution >= 0.6 is 0 Å². The molecule has 0 bridgehead atoms. The van der Waals surface area contributed by atoms with Crippen LogP contribution in [-0.2, 0) is 20.7 Å². The number of esters is 1. The van der Waals surface area contributed by atoms with E-state index in [0.717, 1.165) is 5.56 Å². The van der Waals surface area contributed by atoms with Gasteiger partial charge >= 0.3 is 12.0 Å². The van der Waals surface area contributed by atoms with Gasteiger partial charge in [-0.2, -0.15) is 0 Å². The third-order valence-electron chi connectivity index (χ3n) is 3.54. The third-order valence-corrected chi connectivity index (χ3v) is 3.54. The summed E-state index contributed by atoms with van der Waals surface area (Å²) in [6.07, 6.45) is 0.322. The minimum atomic E-state index is -0.805. The van der Waals surface area contributed by atoms with E-state index in [1.807, 2.05) is 30.3 Å². The van der Waals surface area contributed by atoms with Gasteiger partial charge in [-0.25, -0.2) is 9.59 Å². The Kier molecular flexibility index (Phi) is 6.73. The van der Waals surface area contributed by atoms with Crippen molar-refractivity contribution in [3.8, 4) is 0 Å². The molecule has 2 aromatic rings. The summed E-state index contributed by atoms with van der Waals surface area (Å²) in [6, 6.07) is 14.6. The molecule has 0 saturated carbocycles. The van der Waals surface area contributed by atoms with E-state index in [9.17, 15) is 14.4 Å². The Balaban J connectivity index is 1.98. The minimum absolute atomic E-state index is 0.176. The molecule has 2 rings (SSSR count). The van der Waals surface area contributed by atoms with E-state index in [4.69, 9.17) is 4.74 Å². The number of hydrogen-bond donors (Lipinski definition) is 3. The summed E-state index contributed by atoms with van der Waals surface area (Å²) in [6.45, 7) is 1.42. The Labute approximate surface area is 151 Å². The first-order valence-electron chi connectivity index (χ1n) is 8.05. The first-order chi connectivity index (χ1) is 12.5. The number of rotatable bonds is 6. The van der Waals surface area contributed by atoms with Crippen molar-refractivity contribution >= 4 is 29.3 Å². The molecule has 1 unspecified atom stereocenters. The normalized spacial score (nSPS) is 11.2. The molecule has 0 aliphatic rings. The Hall–Kier alpha value is -3.35. The van der Waals surface area contributed by atoms with Crippen LogP contribution in [0.25, 0.3) is 0 Å². The van der Waals surface area contributed by atoms with E-state index in [2.05, 4.69) is 16.0 Å². The zero-order chi connectivity index (χ0) is 18.9. The molecule has 7 heteroatoms. The van der Waals surface area contributed by atoms with Gasteiger partial charge in [0.1, 0.15) is 6.04 Å². The molecular weight excluding hydrogens is 334 g/mol. The first-order valence-corrected chi connectivity index (χ1v) is 8.05. The standard InChI is InChI=1S/C19H21N3O4/c1-13(23)20-15-8-10-16(11-9-15)21-19(25)22-17(18(24)26-2)12-14-6-4-3-5-7-14/h3-11,17H,12H2,1-2H3,(H,20,23)(H2,21,22,25). The summed E-state index contributed by atoms with van der Waals surface area (Å²) in [4.78, 5) is 35.1. The van der Waals surface area contributed by atoms with Gasteiger partial charge in [-0.05, 0) is 29.8 Å². The van der Waals surface area contributed by atoms with Crippen molar-refractivity contribution in [2.75, 3.05) is 17.7 Å². The van der Waals surface area contributed by atoms with Crippen LogP contribution in [0.3, 0.4) is 0 Å². The van der Waals surface area contributed by atoms with Gasteiger partial charge in [0.25, 0.3) is 0 Å². The van der Waals surface area contributed by atoms with Gasteiger partial charge < -0.3 is 20.7 Å². The number of hydrogen-bond acceptors (Lipinski definition) is 4. The number of ether oxygens (including phenoxy) is 1. The van der Waals surface area contributed by atoms with E-state index in [1.54, 1.807) is 24.3 Å². The van der Waals surface area contributed by atoms with Crippen molar-refractivity contribution in [1.82, 2.24) is 5.32 Å². The third kappa shape index (κ3) is 5.94. The lowest BCUT2D eigenvalue weighted by atomic mass is 10.1. The Bertz CT molecular complexity index is 760. The molecule has 0 aliphatic carbocycles. The fourth-order valence-electron chi connectivity index (χ4n) is 2.35. The monoisotopic (exact) mass is 355 g/mol. The predicted molar refractivity (Wildman–Crippen MR) is 98.9 cm³/mol. The second kappa shape index (κ2) is 9.22. The maximum atomic E-state index is 12.2. The fourth-order valence-corrected chi connectivity index (χ4v) is 2.35. The smallest absolute Gasteiger partial charge is 0.328 e. The average molecular weight is 355 g/mol. The average Bonchev–Trinajstić information content (AvgIpc) is 2.62. The van der Waals surface area contributed by atoms with Crippen LogP contribution < -0.4 is 16.0 Å². The number of carbonyl (C=O) groups excluding carboxylic acids is 3. The number of amides is 3. The van der Waals surface area contributed by atoms with E-state index in [1.165, 1.54) is 14.0 Å². The van der Waals surface area contributed by atoms with Crippen LogP contribution in [0.2, 0.25) is 0 Å². The number of anilines is 2. The molecule has 3 N–H and O–H groups in total. The van der Waals surface area contributed by atoms with E-state index < -0.39 is 18.0 Å². The maximum Gasteiger partial charge on any atom is 0.328 e. The SMILES string of the molecule is COC(=O)C(Cc1ccccc1)NC(=O)Nc1ccc(NC(C)=O)cc1. The predicted octanol–water partition coefficient (Wildman–Crippen LogP) is 2.55. The van der Waals surface area contributed by atoms with Gasteiger partial charge in [0.2, 0.25) is 5.91 Å². The summed E-state index contributed by atoms with van der Waals surface area (Å²) in [7, 11) is 1.28. The molecule has 0 radical (unpaired) electrons. The van der Waals surface area contributed by atoms with Crippen LogP contribution in [0, 0.1) is 0 Å². The summed E-state index contributed by atoms with van der Waals surface area (Å²) in [5, 5.41) is 7.90. The lowest BCUT2D eigenvalue weighted by molar-refractivity contribution is -0.142. The molecular formula is C19H21N3O4. The van der Waals surface area contributed by atoms with E-state index in [0.29, 0.717) is 17.8 Å². The quantitative estimate of drug-likeness (QED) is 0.694. The largest absolute Gasteiger partial charge is 0.467 e. The summed E-state index contributed by atoms with van der Waals surface area (Å²) < 4.78 is 4.77. The zero-order valence-corrected chi connectivity index (χ0v) is 14.6. The molecule has 0 aliphatic heterocycles. The van der Waals surface area contributed by atoms with Crippen molar-refractivity contribution in [1.29, 1.82) is 0 Å². The van der Waals surface area contributed by atoms with Gasteiger partial charge in [0.05, 0.1) is 7.11 Å². The van der Waals surface area contributed by atoms with Gasteiger partial charge in [-0.1, -0.05) is 30.3 Å². The highest BCUT2D eigenvalue weighted by molar-refractivity contribution is 5.93.